The minimum absolute atomic E-state index is 0.536. The molecule has 2 atom stereocenters. The van der Waals surface area contributed by atoms with Crippen LogP contribution in [0.4, 0.5) is 10.8 Å². The molecule has 1 aliphatic rings. The van der Waals surface area contributed by atoms with Gasteiger partial charge in [-0.3, -0.25) is 4.98 Å². The highest BCUT2D eigenvalue weighted by Gasteiger charge is 2.27. The van der Waals surface area contributed by atoms with Crippen molar-refractivity contribution in [3.63, 3.8) is 0 Å². The van der Waals surface area contributed by atoms with Crippen LogP contribution in [0.3, 0.4) is 0 Å². The van der Waals surface area contributed by atoms with Gasteiger partial charge in [0.15, 0.2) is 0 Å². The van der Waals surface area contributed by atoms with Gasteiger partial charge < -0.3 is 10.6 Å². The molecule has 0 amide bonds. The molecule has 0 aliphatic carbocycles. The predicted octanol–water partition coefficient (Wildman–Crippen LogP) is 3.41. The van der Waals surface area contributed by atoms with Gasteiger partial charge in [0.1, 0.15) is 10.8 Å². The second-order valence-corrected chi connectivity index (χ2v) is 6.41. The van der Waals surface area contributed by atoms with E-state index < -0.39 is 0 Å². The van der Waals surface area contributed by atoms with Crippen LogP contribution in [0.1, 0.15) is 26.7 Å². The summed E-state index contributed by atoms with van der Waals surface area (Å²) in [5.74, 6) is 1.41. The zero-order valence-corrected chi connectivity index (χ0v) is 12.7. The molecule has 3 heterocycles. The molecular weight excluding hydrogens is 268 g/mol. The molecule has 1 saturated heterocycles. The predicted molar refractivity (Wildman–Crippen MR) is 85.0 cm³/mol. The first kappa shape index (κ1) is 13.4. The van der Waals surface area contributed by atoms with E-state index in [9.17, 15) is 0 Å². The Bertz CT molecular complexity index is 581. The van der Waals surface area contributed by atoms with Crippen LogP contribution in [0.25, 0.3) is 11.1 Å². The maximum atomic E-state index is 6.10. The SMILES string of the molecule is CC1CCN(c2snc(N)c2-c2cccnc2)C(C)C1. The van der Waals surface area contributed by atoms with Crippen molar-refractivity contribution in [2.24, 2.45) is 5.92 Å². The van der Waals surface area contributed by atoms with Crippen LogP contribution in [0.2, 0.25) is 0 Å². The summed E-state index contributed by atoms with van der Waals surface area (Å²) in [6.07, 6.45) is 6.10. The van der Waals surface area contributed by atoms with Gasteiger partial charge in [0.25, 0.3) is 0 Å². The van der Waals surface area contributed by atoms with Crippen molar-refractivity contribution in [3.05, 3.63) is 24.5 Å². The van der Waals surface area contributed by atoms with Gasteiger partial charge in [0.2, 0.25) is 0 Å². The average Bonchev–Trinajstić information content (AvgIpc) is 2.81. The van der Waals surface area contributed by atoms with Crippen LogP contribution in [-0.4, -0.2) is 21.9 Å². The summed E-state index contributed by atoms with van der Waals surface area (Å²) in [4.78, 5) is 6.66. The van der Waals surface area contributed by atoms with Gasteiger partial charge in [-0.05, 0) is 43.3 Å². The smallest absolute Gasteiger partial charge is 0.147 e. The maximum absolute atomic E-state index is 6.10. The summed E-state index contributed by atoms with van der Waals surface area (Å²) in [6.45, 7) is 5.70. The van der Waals surface area contributed by atoms with Gasteiger partial charge >= 0.3 is 0 Å². The van der Waals surface area contributed by atoms with E-state index in [1.807, 2.05) is 18.3 Å². The fourth-order valence-corrected chi connectivity index (χ4v) is 3.95. The Labute approximate surface area is 123 Å². The van der Waals surface area contributed by atoms with Gasteiger partial charge in [-0.25, -0.2) is 0 Å². The molecule has 2 unspecified atom stereocenters. The molecule has 106 valence electrons. The van der Waals surface area contributed by atoms with Gasteiger partial charge in [-0.1, -0.05) is 13.0 Å². The second-order valence-electron chi connectivity index (χ2n) is 5.66. The molecule has 2 aromatic heterocycles. The third-order valence-corrected chi connectivity index (χ3v) is 4.95. The number of nitrogens with two attached hydrogens (primary N) is 1. The summed E-state index contributed by atoms with van der Waals surface area (Å²) >= 11 is 1.51. The highest BCUT2D eigenvalue weighted by Crippen LogP contribution is 2.41. The zero-order valence-electron chi connectivity index (χ0n) is 11.9. The molecule has 0 bridgehead atoms. The standard InChI is InChI=1S/C15H20N4S/c1-10-5-7-19(11(2)8-10)15-13(14(16)18-20-15)12-4-3-6-17-9-12/h3-4,6,9-11H,5,7-8H2,1-2H3,(H2,16,18). The van der Waals surface area contributed by atoms with Crippen LogP contribution in [0.15, 0.2) is 24.5 Å². The van der Waals surface area contributed by atoms with E-state index in [1.54, 1.807) is 6.20 Å². The Hall–Kier alpha value is -1.62. The third kappa shape index (κ3) is 2.38. The molecule has 0 aromatic carbocycles. The summed E-state index contributed by atoms with van der Waals surface area (Å²) in [7, 11) is 0. The van der Waals surface area contributed by atoms with Crippen molar-refractivity contribution in [3.8, 4) is 11.1 Å². The van der Waals surface area contributed by atoms with Crippen molar-refractivity contribution in [1.29, 1.82) is 0 Å². The van der Waals surface area contributed by atoms with E-state index in [0.717, 1.165) is 23.6 Å². The minimum atomic E-state index is 0.536. The topological polar surface area (TPSA) is 55.0 Å². The normalized spacial score (nSPS) is 23.0. The molecule has 0 radical (unpaired) electrons. The van der Waals surface area contributed by atoms with E-state index >= 15 is 0 Å². The molecule has 0 saturated carbocycles. The molecule has 1 fully saturated rings. The fraction of sp³-hybridized carbons (Fsp3) is 0.467. The molecule has 1 aliphatic heterocycles. The monoisotopic (exact) mass is 288 g/mol. The molecule has 20 heavy (non-hydrogen) atoms. The van der Waals surface area contributed by atoms with Gasteiger partial charge in [-0.2, -0.15) is 4.37 Å². The summed E-state index contributed by atoms with van der Waals surface area (Å²) in [5.41, 5.74) is 8.20. The number of nitrogens with zero attached hydrogens (tertiary/aromatic N) is 3. The zero-order chi connectivity index (χ0) is 14.1. The van der Waals surface area contributed by atoms with Crippen LogP contribution in [0, 0.1) is 5.92 Å². The van der Waals surface area contributed by atoms with E-state index in [2.05, 4.69) is 28.1 Å². The lowest BCUT2D eigenvalue weighted by atomic mass is 9.93. The van der Waals surface area contributed by atoms with Crippen molar-refractivity contribution < 1.29 is 0 Å². The number of hydrogen-bond acceptors (Lipinski definition) is 5. The summed E-state index contributed by atoms with van der Waals surface area (Å²) < 4.78 is 4.37. The van der Waals surface area contributed by atoms with Crippen molar-refractivity contribution in [2.45, 2.75) is 32.7 Å². The maximum Gasteiger partial charge on any atom is 0.147 e. The number of piperidine rings is 1. The van der Waals surface area contributed by atoms with E-state index in [-0.39, 0.29) is 0 Å². The third-order valence-electron chi connectivity index (χ3n) is 4.05. The molecule has 2 N–H and O–H groups in total. The van der Waals surface area contributed by atoms with Gasteiger partial charge in [0, 0.05) is 30.5 Å². The van der Waals surface area contributed by atoms with E-state index in [1.165, 1.54) is 29.4 Å². The quantitative estimate of drug-likeness (QED) is 0.920. The van der Waals surface area contributed by atoms with Gasteiger partial charge in [0.05, 0.1) is 5.56 Å². The first-order valence-electron chi connectivity index (χ1n) is 7.09. The van der Waals surface area contributed by atoms with Crippen LogP contribution in [0.5, 0.6) is 0 Å². The fourth-order valence-electron chi connectivity index (χ4n) is 2.98. The molecule has 2 aromatic rings. The molecule has 4 nitrogen and oxygen atoms in total. The lowest BCUT2D eigenvalue weighted by Gasteiger charge is -2.37. The number of pyridine rings is 1. The first-order chi connectivity index (χ1) is 9.66. The number of hydrogen-bond donors (Lipinski definition) is 1. The largest absolute Gasteiger partial charge is 0.382 e. The number of anilines is 2. The summed E-state index contributed by atoms with van der Waals surface area (Å²) in [6, 6.07) is 4.53. The van der Waals surface area contributed by atoms with Crippen LogP contribution in [-0.2, 0) is 0 Å². The number of aromatic nitrogens is 2. The average molecular weight is 288 g/mol. The Morgan fingerprint density at radius 1 is 1.40 bits per heavy atom. The van der Waals surface area contributed by atoms with E-state index in [4.69, 9.17) is 5.73 Å². The lowest BCUT2D eigenvalue weighted by Crippen LogP contribution is -2.40. The highest BCUT2D eigenvalue weighted by molar-refractivity contribution is 7.11. The van der Waals surface area contributed by atoms with Crippen molar-refractivity contribution >= 4 is 22.4 Å². The minimum Gasteiger partial charge on any atom is -0.382 e. The number of nitrogen functional groups attached to an aromatic ring is 1. The Morgan fingerprint density at radius 3 is 2.95 bits per heavy atom. The number of rotatable bonds is 2. The lowest BCUT2D eigenvalue weighted by molar-refractivity contribution is 0.379. The van der Waals surface area contributed by atoms with Crippen molar-refractivity contribution in [2.75, 3.05) is 17.2 Å². The Balaban J connectivity index is 1.99. The van der Waals surface area contributed by atoms with Crippen LogP contribution >= 0.6 is 11.5 Å². The molecular formula is C15H20N4S. The first-order valence-corrected chi connectivity index (χ1v) is 7.86. The molecule has 3 rings (SSSR count). The van der Waals surface area contributed by atoms with Crippen LogP contribution < -0.4 is 10.6 Å². The van der Waals surface area contributed by atoms with Crippen molar-refractivity contribution in [1.82, 2.24) is 9.36 Å². The molecule has 5 heteroatoms. The highest BCUT2D eigenvalue weighted by atomic mass is 32.1. The summed E-state index contributed by atoms with van der Waals surface area (Å²) in [5, 5.41) is 1.19. The van der Waals surface area contributed by atoms with E-state index in [0.29, 0.717) is 11.9 Å². The molecule has 0 spiro atoms. The Kier molecular flexibility index (Phi) is 3.61. The van der Waals surface area contributed by atoms with Gasteiger partial charge in [-0.15, -0.1) is 0 Å². The second kappa shape index (κ2) is 5.40. The Morgan fingerprint density at radius 2 is 2.25 bits per heavy atom.